The quantitative estimate of drug-likeness (QED) is 0.720. The summed E-state index contributed by atoms with van der Waals surface area (Å²) >= 11 is 0. The van der Waals surface area contributed by atoms with Gasteiger partial charge in [-0.3, -0.25) is 4.68 Å². The van der Waals surface area contributed by atoms with E-state index in [-0.39, 0.29) is 0 Å². The third-order valence-corrected chi connectivity index (χ3v) is 3.43. The summed E-state index contributed by atoms with van der Waals surface area (Å²) in [7, 11) is 1.99. The van der Waals surface area contributed by atoms with Gasteiger partial charge in [-0.25, -0.2) is 0 Å². The molecule has 1 aliphatic rings. The lowest BCUT2D eigenvalue weighted by Gasteiger charge is -2.23. The van der Waals surface area contributed by atoms with Crippen LogP contribution in [0.25, 0.3) is 10.9 Å². The van der Waals surface area contributed by atoms with E-state index in [1.54, 1.807) is 0 Å². The van der Waals surface area contributed by atoms with Crippen LogP contribution < -0.4 is 5.73 Å². The maximum Gasteiger partial charge on any atom is 0.0754 e. The monoisotopic (exact) mass is 201 g/mol. The lowest BCUT2D eigenvalue weighted by atomic mass is 9.82. The van der Waals surface area contributed by atoms with Crippen LogP contribution >= 0.6 is 0 Å². The number of nitrogen functional groups attached to an aromatic ring is 1. The normalized spacial score (nSPS) is 16.9. The van der Waals surface area contributed by atoms with Gasteiger partial charge in [0.1, 0.15) is 0 Å². The van der Waals surface area contributed by atoms with Gasteiger partial charge in [0.05, 0.1) is 11.2 Å². The first-order valence-corrected chi connectivity index (χ1v) is 5.48. The summed E-state index contributed by atoms with van der Waals surface area (Å²) in [6.07, 6.45) is 3.86. The number of rotatable bonds is 1. The molecule has 2 aromatic rings. The van der Waals surface area contributed by atoms with Gasteiger partial charge in [-0.1, -0.05) is 12.5 Å². The highest BCUT2D eigenvalue weighted by molar-refractivity contribution is 5.93. The number of aryl methyl sites for hydroxylation is 1. The van der Waals surface area contributed by atoms with Gasteiger partial charge in [-0.05, 0) is 25.0 Å². The number of anilines is 1. The molecule has 0 bridgehead atoms. The van der Waals surface area contributed by atoms with E-state index in [0.29, 0.717) is 5.92 Å². The topological polar surface area (TPSA) is 43.8 Å². The van der Waals surface area contributed by atoms with Gasteiger partial charge < -0.3 is 5.73 Å². The van der Waals surface area contributed by atoms with Crippen molar-refractivity contribution in [2.24, 2.45) is 7.05 Å². The molecule has 0 amide bonds. The molecule has 0 saturated heterocycles. The predicted molar refractivity (Wildman–Crippen MR) is 61.7 cm³/mol. The van der Waals surface area contributed by atoms with Crippen LogP contribution in [0.2, 0.25) is 0 Å². The van der Waals surface area contributed by atoms with Crippen LogP contribution in [0.1, 0.15) is 30.9 Å². The van der Waals surface area contributed by atoms with Gasteiger partial charge in [0.25, 0.3) is 0 Å². The summed E-state index contributed by atoms with van der Waals surface area (Å²) in [6.45, 7) is 0. The van der Waals surface area contributed by atoms with Gasteiger partial charge in [-0.2, -0.15) is 5.10 Å². The van der Waals surface area contributed by atoms with Crippen molar-refractivity contribution in [2.45, 2.75) is 25.2 Å². The molecule has 3 heteroatoms. The molecule has 1 heterocycles. The molecule has 1 fully saturated rings. The van der Waals surface area contributed by atoms with E-state index in [1.165, 1.54) is 30.3 Å². The number of aromatic nitrogens is 2. The fourth-order valence-corrected chi connectivity index (χ4v) is 2.34. The summed E-state index contributed by atoms with van der Waals surface area (Å²) in [4.78, 5) is 0. The Hall–Kier alpha value is -1.51. The van der Waals surface area contributed by atoms with Crippen molar-refractivity contribution < 1.29 is 0 Å². The smallest absolute Gasteiger partial charge is 0.0754 e. The largest absolute Gasteiger partial charge is 0.398 e. The first-order valence-electron chi connectivity index (χ1n) is 5.48. The second-order valence-corrected chi connectivity index (χ2v) is 4.38. The van der Waals surface area contributed by atoms with E-state index in [2.05, 4.69) is 11.2 Å². The number of nitrogens with two attached hydrogens (primary N) is 1. The zero-order valence-corrected chi connectivity index (χ0v) is 8.90. The Morgan fingerprint density at radius 3 is 2.87 bits per heavy atom. The van der Waals surface area contributed by atoms with Gasteiger partial charge in [0.2, 0.25) is 0 Å². The van der Waals surface area contributed by atoms with Crippen LogP contribution in [0.3, 0.4) is 0 Å². The number of hydrogen-bond donors (Lipinski definition) is 1. The van der Waals surface area contributed by atoms with E-state index in [9.17, 15) is 0 Å². The second-order valence-electron chi connectivity index (χ2n) is 4.38. The molecule has 0 radical (unpaired) electrons. The van der Waals surface area contributed by atoms with Gasteiger partial charge >= 0.3 is 0 Å². The molecule has 0 aliphatic heterocycles. The van der Waals surface area contributed by atoms with Gasteiger partial charge in [0, 0.05) is 24.0 Å². The minimum absolute atomic E-state index is 0.637. The molecule has 1 saturated carbocycles. The maximum atomic E-state index is 6.03. The van der Waals surface area contributed by atoms with Crippen molar-refractivity contribution in [3.8, 4) is 0 Å². The van der Waals surface area contributed by atoms with E-state index >= 15 is 0 Å². The Morgan fingerprint density at radius 2 is 2.20 bits per heavy atom. The highest BCUT2D eigenvalue weighted by Crippen LogP contribution is 2.40. The first-order chi connectivity index (χ1) is 7.27. The molecular weight excluding hydrogens is 186 g/mol. The predicted octanol–water partition coefficient (Wildman–Crippen LogP) is 2.42. The van der Waals surface area contributed by atoms with Crippen LogP contribution in [-0.4, -0.2) is 9.78 Å². The highest BCUT2D eigenvalue weighted by atomic mass is 15.3. The molecule has 1 aromatic carbocycles. The average molecular weight is 201 g/mol. The summed E-state index contributed by atoms with van der Waals surface area (Å²) < 4.78 is 1.94. The van der Waals surface area contributed by atoms with Crippen LogP contribution in [0.15, 0.2) is 18.2 Å². The molecule has 0 unspecified atom stereocenters. The molecule has 2 N–H and O–H groups in total. The number of hydrogen-bond acceptors (Lipinski definition) is 2. The van der Waals surface area contributed by atoms with Crippen molar-refractivity contribution in [3.63, 3.8) is 0 Å². The summed E-state index contributed by atoms with van der Waals surface area (Å²) in [6, 6.07) is 6.04. The lowest BCUT2D eigenvalue weighted by Crippen LogP contribution is -2.10. The van der Waals surface area contributed by atoms with Crippen LogP contribution in [-0.2, 0) is 7.05 Å². The Kier molecular flexibility index (Phi) is 1.75. The average Bonchev–Trinajstić information content (AvgIpc) is 2.43. The first kappa shape index (κ1) is 8.77. The molecule has 3 rings (SSSR count). The summed E-state index contributed by atoms with van der Waals surface area (Å²) in [5, 5.41) is 5.78. The van der Waals surface area contributed by atoms with Crippen molar-refractivity contribution in [2.75, 3.05) is 5.73 Å². The minimum Gasteiger partial charge on any atom is -0.398 e. The van der Waals surface area contributed by atoms with Crippen molar-refractivity contribution in [1.29, 1.82) is 0 Å². The van der Waals surface area contributed by atoms with Crippen molar-refractivity contribution >= 4 is 16.6 Å². The zero-order valence-electron chi connectivity index (χ0n) is 8.90. The maximum absolute atomic E-state index is 6.03. The summed E-state index contributed by atoms with van der Waals surface area (Å²) in [5.41, 5.74) is 9.25. The summed E-state index contributed by atoms with van der Waals surface area (Å²) in [5.74, 6) is 0.637. The Morgan fingerprint density at radius 1 is 1.40 bits per heavy atom. The third kappa shape index (κ3) is 1.16. The Labute approximate surface area is 88.9 Å². The van der Waals surface area contributed by atoms with Crippen molar-refractivity contribution in [3.05, 3.63) is 23.9 Å². The van der Waals surface area contributed by atoms with Crippen LogP contribution in [0.4, 0.5) is 5.69 Å². The zero-order chi connectivity index (χ0) is 10.4. The van der Waals surface area contributed by atoms with Gasteiger partial charge in [0.15, 0.2) is 0 Å². The molecule has 0 spiro atoms. The molecule has 15 heavy (non-hydrogen) atoms. The Bertz CT molecular complexity index is 509. The second kappa shape index (κ2) is 2.99. The van der Waals surface area contributed by atoms with E-state index in [4.69, 9.17) is 5.73 Å². The molecule has 1 aliphatic carbocycles. The Balaban J connectivity index is 2.29. The van der Waals surface area contributed by atoms with Crippen LogP contribution in [0, 0.1) is 0 Å². The van der Waals surface area contributed by atoms with Gasteiger partial charge in [-0.15, -0.1) is 0 Å². The molecule has 0 atom stereocenters. The van der Waals surface area contributed by atoms with Crippen LogP contribution in [0.5, 0.6) is 0 Å². The number of fused-ring (bicyclic) bond motifs is 1. The SMILES string of the molecule is Cn1nc(C2CCC2)c2c(N)cccc21. The fraction of sp³-hybridized carbons (Fsp3) is 0.417. The standard InChI is InChI=1S/C12H15N3/c1-15-10-7-3-6-9(13)11(10)12(14-15)8-4-2-5-8/h3,6-8H,2,4-5,13H2,1H3. The molecule has 1 aromatic heterocycles. The van der Waals surface area contributed by atoms with E-state index in [0.717, 1.165) is 11.2 Å². The molecular formula is C12H15N3. The molecule has 78 valence electrons. The number of nitrogens with zero attached hydrogens (tertiary/aromatic N) is 2. The van der Waals surface area contributed by atoms with Crippen molar-refractivity contribution in [1.82, 2.24) is 9.78 Å². The number of benzene rings is 1. The third-order valence-electron chi connectivity index (χ3n) is 3.43. The molecule has 3 nitrogen and oxygen atoms in total. The lowest BCUT2D eigenvalue weighted by molar-refractivity contribution is 0.410. The van der Waals surface area contributed by atoms with E-state index < -0.39 is 0 Å². The highest BCUT2D eigenvalue weighted by Gasteiger charge is 2.25. The minimum atomic E-state index is 0.637. The fourth-order valence-electron chi connectivity index (χ4n) is 2.34. The van der Waals surface area contributed by atoms with E-state index in [1.807, 2.05) is 23.9 Å².